The Morgan fingerprint density at radius 1 is 1.25 bits per heavy atom. The topological polar surface area (TPSA) is 38.5 Å². The van der Waals surface area contributed by atoms with Gasteiger partial charge in [-0.1, -0.05) is 38.5 Å². The molecule has 3 rings (SSSR count). The molecular weight excluding hydrogens is 248 g/mol. The predicted octanol–water partition coefficient (Wildman–Crippen LogP) is 2.79. The van der Waals surface area contributed by atoms with Gasteiger partial charge in [-0.3, -0.25) is 4.90 Å². The van der Waals surface area contributed by atoms with Crippen molar-refractivity contribution in [3.8, 4) is 5.75 Å². The van der Waals surface area contributed by atoms with Gasteiger partial charge in [-0.05, 0) is 24.3 Å². The van der Waals surface area contributed by atoms with E-state index >= 15 is 0 Å². The van der Waals surface area contributed by atoms with E-state index in [0.717, 1.165) is 32.0 Å². The SMILES string of the molecule is CC1(C)CCCC1(CN)N1CCOc2ccccc2C1. The van der Waals surface area contributed by atoms with Gasteiger partial charge in [0, 0.05) is 30.7 Å². The van der Waals surface area contributed by atoms with Crippen LogP contribution >= 0.6 is 0 Å². The molecule has 1 aromatic rings. The maximum absolute atomic E-state index is 6.26. The normalized spacial score (nSPS) is 29.6. The molecule has 1 fully saturated rings. The molecule has 0 saturated heterocycles. The van der Waals surface area contributed by atoms with Gasteiger partial charge in [-0.15, -0.1) is 0 Å². The molecule has 0 radical (unpaired) electrons. The summed E-state index contributed by atoms with van der Waals surface area (Å²) >= 11 is 0. The smallest absolute Gasteiger partial charge is 0.123 e. The molecule has 1 heterocycles. The van der Waals surface area contributed by atoms with Gasteiger partial charge in [0.25, 0.3) is 0 Å². The second-order valence-corrected chi connectivity index (χ2v) is 6.85. The van der Waals surface area contributed by atoms with Crippen LogP contribution in [0.4, 0.5) is 0 Å². The third kappa shape index (κ3) is 2.04. The van der Waals surface area contributed by atoms with Crippen molar-refractivity contribution < 1.29 is 4.74 Å². The Morgan fingerprint density at radius 2 is 2.05 bits per heavy atom. The quantitative estimate of drug-likeness (QED) is 0.901. The first-order chi connectivity index (χ1) is 9.59. The lowest BCUT2D eigenvalue weighted by atomic mass is 9.73. The first-order valence-corrected chi connectivity index (χ1v) is 7.75. The predicted molar refractivity (Wildman–Crippen MR) is 81.8 cm³/mol. The Balaban J connectivity index is 1.94. The average molecular weight is 274 g/mol. The molecule has 1 saturated carbocycles. The Bertz CT molecular complexity index is 486. The van der Waals surface area contributed by atoms with Gasteiger partial charge in [0.1, 0.15) is 12.4 Å². The third-order valence-electron chi connectivity index (χ3n) is 5.55. The van der Waals surface area contributed by atoms with Crippen LogP contribution in [0.2, 0.25) is 0 Å². The van der Waals surface area contributed by atoms with E-state index in [-0.39, 0.29) is 11.0 Å². The number of fused-ring (bicyclic) bond motifs is 1. The summed E-state index contributed by atoms with van der Waals surface area (Å²) in [7, 11) is 0. The van der Waals surface area contributed by atoms with Crippen LogP contribution in [0, 0.1) is 5.41 Å². The van der Waals surface area contributed by atoms with Crippen LogP contribution < -0.4 is 10.5 Å². The van der Waals surface area contributed by atoms with Gasteiger partial charge in [-0.25, -0.2) is 0 Å². The van der Waals surface area contributed by atoms with Crippen LogP contribution in [0.15, 0.2) is 24.3 Å². The van der Waals surface area contributed by atoms with E-state index in [9.17, 15) is 0 Å². The molecule has 3 nitrogen and oxygen atoms in total. The Hall–Kier alpha value is -1.06. The highest BCUT2D eigenvalue weighted by Gasteiger charge is 2.51. The minimum Gasteiger partial charge on any atom is -0.492 e. The molecular formula is C17H26N2O. The monoisotopic (exact) mass is 274 g/mol. The number of nitrogens with zero attached hydrogens (tertiary/aromatic N) is 1. The summed E-state index contributed by atoms with van der Waals surface area (Å²) in [5.74, 6) is 1.04. The number of para-hydroxylation sites is 1. The average Bonchev–Trinajstić information content (AvgIpc) is 2.62. The molecule has 1 aromatic carbocycles. The zero-order valence-corrected chi connectivity index (χ0v) is 12.7. The molecule has 0 amide bonds. The zero-order valence-electron chi connectivity index (χ0n) is 12.7. The minimum atomic E-state index is 0.119. The third-order valence-corrected chi connectivity index (χ3v) is 5.55. The molecule has 2 N–H and O–H groups in total. The molecule has 0 bridgehead atoms. The first-order valence-electron chi connectivity index (χ1n) is 7.75. The van der Waals surface area contributed by atoms with Crippen molar-refractivity contribution in [3.05, 3.63) is 29.8 Å². The highest BCUT2D eigenvalue weighted by Crippen LogP contribution is 2.50. The van der Waals surface area contributed by atoms with Crippen molar-refractivity contribution in [1.82, 2.24) is 4.90 Å². The van der Waals surface area contributed by atoms with Crippen LogP contribution in [0.25, 0.3) is 0 Å². The number of hydrogen-bond donors (Lipinski definition) is 1. The molecule has 3 heteroatoms. The van der Waals surface area contributed by atoms with Crippen LogP contribution in [0.3, 0.4) is 0 Å². The largest absolute Gasteiger partial charge is 0.492 e. The molecule has 110 valence electrons. The summed E-state index contributed by atoms with van der Waals surface area (Å²) in [6, 6.07) is 8.40. The minimum absolute atomic E-state index is 0.119. The summed E-state index contributed by atoms with van der Waals surface area (Å²) in [6.45, 7) is 8.18. The van der Waals surface area contributed by atoms with Crippen molar-refractivity contribution in [2.45, 2.75) is 45.2 Å². The van der Waals surface area contributed by atoms with Gasteiger partial charge in [0.2, 0.25) is 0 Å². The first kappa shape index (κ1) is 13.9. The van der Waals surface area contributed by atoms with Gasteiger partial charge < -0.3 is 10.5 Å². The van der Waals surface area contributed by atoms with Gasteiger partial charge in [-0.2, -0.15) is 0 Å². The highest BCUT2D eigenvalue weighted by atomic mass is 16.5. The molecule has 0 aromatic heterocycles. The van der Waals surface area contributed by atoms with Gasteiger partial charge in [0.05, 0.1) is 0 Å². The number of nitrogens with two attached hydrogens (primary N) is 1. The Labute approximate surface area is 122 Å². The van der Waals surface area contributed by atoms with Crippen LogP contribution in [-0.4, -0.2) is 30.1 Å². The van der Waals surface area contributed by atoms with Gasteiger partial charge in [0.15, 0.2) is 0 Å². The standard InChI is InChI=1S/C17H26N2O/c1-16(2)8-5-9-17(16,13-18)19-10-11-20-15-7-4-3-6-14(15)12-19/h3-4,6-7H,5,8-13,18H2,1-2H3. The fourth-order valence-electron chi connectivity index (χ4n) is 4.18. The fraction of sp³-hybridized carbons (Fsp3) is 0.647. The number of rotatable bonds is 2. The zero-order chi connectivity index (χ0) is 14.2. The highest BCUT2D eigenvalue weighted by molar-refractivity contribution is 5.34. The van der Waals surface area contributed by atoms with Crippen LogP contribution in [0.1, 0.15) is 38.7 Å². The molecule has 1 aliphatic carbocycles. The fourth-order valence-corrected chi connectivity index (χ4v) is 4.18. The lowest BCUT2D eigenvalue weighted by molar-refractivity contribution is 0.00348. The molecule has 0 spiro atoms. The molecule has 20 heavy (non-hydrogen) atoms. The van der Waals surface area contributed by atoms with Crippen molar-refractivity contribution in [3.63, 3.8) is 0 Å². The van der Waals surface area contributed by atoms with Crippen molar-refractivity contribution >= 4 is 0 Å². The Kier molecular flexibility index (Phi) is 3.51. The maximum Gasteiger partial charge on any atom is 0.123 e. The molecule has 1 aliphatic heterocycles. The van der Waals surface area contributed by atoms with E-state index in [1.54, 1.807) is 0 Å². The second-order valence-electron chi connectivity index (χ2n) is 6.85. The molecule has 1 atom stereocenters. The number of benzene rings is 1. The lowest BCUT2D eigenvalue weighted by Crippen LogP contribution is -2.59. The van der Waals surface area contributed by atoms with Crippen LogP contribution in [-0.2, 0) is 6.54 Å². The van der Waals surface area contributed by atoms with E-state index in [4.69, 9.17) is 10.5 Å². The van der Waals surface area contributed by atoms with Crippen molar-refractivity contribution in [2.75, 3.05) is 19.7 Å². The summed E-state index contributed by atoms with van der Waals surface area (Å²) in [6.07, 6.45) is 3.76. The van der Waals surface area contributed by atoms with E-state index < -0.39 is 0 Å². The van der Waals surface area contributed by atoms with E-state index in [1.807, 2.05) is 6.07 Å². The van der Waals surface area contributed by atoms with Crippen LogP contribution in [0.5, 0.6) is 5.75 Å². The lowest BCUT2D eigenvalue weighted by Gasteiger charge is -2.49. The van der Waals surface area contributed by atoms with E-state index in [1.165, 1.54) is 24.8 Å². The molecule has 2 aliphatic rings. The van der Waals surface area contributed by atoms with E-state index in [2.05, 4.69) is 36.9 Å². The summed E-state index contributed by atoms with van der Waals surface area (Å²) in [5.41, 5.74) is 7.95. The summed E-state index contributed by atoms with van der Waals surface area (Å²) in [5, 5.41) is 0. The summed E-state index contributed by atoms with van der Waals surface area (Å²) < 4.78 is 5.91. The van der Waals surface area contributed by atoms with Crippen molar-refractivity contribution in [2.24, 2.45) is 11.1 Å². The van der Waals surface area contributed by atoms with Crippen molar-refractivity contribution in [1.29, 1.82) is 0 Å². The molecule has 1 unspecified atom stereocenters. The Morgan fingerprint density at radius 3 is 2.75 bits per heavy atom. The second kappa shape index (κ2) is 5.05. The maximum atomic E-state index is 6.26. The van der Waals surface area contributed by atoms with Gasteiger partial charge >= 0.3 is 0 Å². The number of hydrogen-bond acceptors (Lipinski definition) is 3. The number of ether oxygens (including phenoxy) is 1. The summed E-state index contributed by atoms with van der Waals surface area (Å²) in [4.78, 5) is 2.59. The van der Waals surface area contributed by atoms with E-state index in [0.29, 0.717) is 0 Å².